The van der Waals surface area contributed by atoms with Crippen molar-refractivity contribution >= 4 is 23.4 Å². The SMILES string of the molecule is C=CCOc1ccc([C@H]2C(C(=O)OCC)=C(C)N=c3s/c(=C\c4ccc(OC)c(O)c4)c(=O)n32)cc1. The van der Waals surface area contributed by atoms with Crippen molar-refractivity contribution in [3.05, 3.63) is 97.2 Å². The van der Waals surface area contributed by atoms with Crippen molar-refractivity contribution in [3.63, 3.8) is 0 Å². The van der Waals surface area contributed by atoms with Gasteiger partial charge in [0.2, 0.25) is 0 Å². The standard InChI is InChI=1S/C27H26N2O6S/c1-5-13-35-19-10-8-18(9-11-19)24-23(26(32)34-6-2)16(3)28-27-29(24)25(31)22(36-27)15-17-7-12-21(33-4)20(30)14-17/h5,7-12,14-15,24,30H,1,6,13H2,2-4H3/b22-15-/t24-/m0/s1. The van der Waals surface area contributed by atoms with Gasteiger partial charge in [0.25, 0.3) is 5.56 Å². The molecule has 9 heteroatoms. The molecule has 1 atom stereocenters. The van der Waals surface area contributed by atoms with E-state index in [0.717, 1.165) is 0 Å². The van der Waals surface area contributed by atoms with Crippen LogP contribution in [0, 0.1) is 0 Å². The quantitative estimate of drug-likeness (QED) is 0.372. The molecule has 0 fully saturated rings. The van der Waals surface area contributed by atoms with Gasteiger partial charge in [-0.15, -0.1) is 0 Å². The number of aromatic hydroxyl groups is 1. The van der Waals surface area contributed by atoms with Crippen LogP contribution in [0.2, 0.25) is 0 Å². The highest BCUT2D eigenvalue weighted by atomic mass is 32.1. The molecule has 36 heavy (non-hydrogen) atoms. The lowest BCUT2D eigenvalue weighted by Gasteiger charge is -2.24. The van der Waals surface area contributed by atoms with E-state index in [2.05, 4.69) is 11.6 Å². The van der Waals surface area contributed by atoms with Gasteiger partial charge in [0.05, 0.1) is 35.6 Å². The monoisotopic (exact) mass is 506 g/mol. The van der Waals surface area contributed by atoms with Crippen LogP contribution in [0.3, 0.4) is 0 Å². The van der Waals surface area contributed by atoms with Crippen molar-refractivity contribution in [2.75, 3.05) is 20.3 Å². The summed E-state index contributed by atoms with van der Waals surface area (Å²) in [6.45, 7) is 7.68. The molecule has 1 N–H and O–H groups in total. The smallest absolute Gasteiger partial charge is 0.338 e. The fourth-order valence-corrected chi connectivity index (χ4v) is 5.00. The number of hydrogen-bond donors (Lipinski definition) is 1. The van der Waals surface area contributed by atoms with E-state index in [1.807, 2.05) is 12.1 Å². The third-order valence-electron chi connectivity index (χ3n) is 5.58. The number of phenols is 1. The van der Waals surface area contributed by atoms with E-state index in [9.17, 15) is 14.7 Å². The van der Waals surface area contributed by atoms with Gasteiger partial charge in [-0.25, -0.2) is 9.79 Å². The normalized spacial score (nSPS) is 15.2. The molecular formula is C27H26N2O6S. The molecular weight excluding hydrogens is 480 g/mol. The zero-order valence-electron chi connectivity index (χ0n) is 20.2. The van der Waals surface area contributed by atoms with E-state index >= 15 is 0 Å². The Morgan fingerprint density at radius 1 is 1.25 bits per heavy atom. The molecule has 1 aromatic heterocycles. The zero-order valence-corrected chi connectivity index (χ0v) is 21.0. The van der Waals surface area contributed by atoms with Crippen LogP contribution in [0.4, 0.5) is 0 Å². The van der Waals surface area contributed by atoms with Crippen LogP contribution in [-0.4, -0.2) is 36.0 Å². The van der Waals surface area contributed by atoms with Crippen LogP contribution in [0.1, 0.15) is 31.0 Å². The van der Waals surface area contributed by atoms with Crippen LogP contribution < -0.4 is 24.4 Å². The zero-order chi connectivity index (χ0) is 25.8. The Hall–Kier alpha value is -4.11. The van der Waals surface area contributed by atoms with Gasteiger partial charge in [0.1, 0.15) is 12.4 Å². The van der Waals surface area contributed by atoms with Crippen molar-refractivity contribution in [1.29, 1.82) is 0 Å². The number of carbonyl (C=O) groups is 1. The molecule has 186 valence electrons. The topological polar surface area (TPSA) is 99.4 Å². The Balaban J connectivity index is 1.87. The minimum Gasteiger partial charge on any atom is -0.504 e. The fourth-order valence-electron chi connectivity index (χ4n) is 3.96. The number of allylic oxidation sites excluding steroid dienone is 1. The number of nitrogens with zero attached hydrogens (tertiary/aromatic N) is 2. The summed E-state index contributed by atoms with van der Waals surface area (Å²) in [6.07, 6.45) is 3.33. The number of esters is 1. The van der Waals surface area contributed by atoms with Gasteiger partial charge in [-0.05, 0) is 55.3 Å². The summed E-state index contributed by atoms with van der Waals surface area (Å²) in [5.41, 5.74) is 1.83. The van der Waals surface area contributed by atoms with Crippen LogP contribution in [0.25, 0.3) is 6.08 Å². The number of fused-ring (bicyclic) bond motifs is 1. The van der Waals surface area contributed by atoms with Crippen molar-refractivity contribution in [1.82, 2.24) is 4.57 Å². The molecule has 2 heterocycles. The molecule has 1 aliphatic heterocycles. The van der Waals surface area contributed by atoms with Gasteiger partial charge in [0, 0.05) is 0 Å². The molecule has 0 unspecified atom stereocenters. The Morgan fingerprint density at radius 3 is 2.64 bits per heavy atom. The second-order valence-electron chi connectivity index (χ2n) is 7.90. The Morgan fingerprint density at radius 2 is 2.00 bits per heavy atom. The predicted octanol–water partition coefficient (Wildman–Crippen LogP) is 3.08. The molecule has 2 aromatic carbocycles. The number of aromatic nitrogens is 1. The molecule has 0 saturated carbocycles. The molecule has 0 bridgehead atoms. The molecule has 0 spiro atoms. The van der Waals surface area contributed by atoms with Gasteiger partial charge >= 0.3 is 5.97 Å². The average molecular weight is 507 g/mol. The van der Waals surface area contributed by atoms with E-state index < -0.39 is 12.0 Å². The molecule has 0 amide bonds. The van der Waals surface area contributed by atoms with Crippen LogP contribution in [-0.2, 0) is 9.53 Å². The molecule has 8 nitrogen and oxygen atoms in total. The van der Waals surface area contributed by atoms with Crippen molar-refractivity contribution in [2.45, 2.75) is 19.9 Å². The first-order valence-electron chi connectivity index (χ1n) is 11.3. The average Bonchev–Trinajstić information content (AvgIpc) is 3.16. The van der Waals surface area contributed by atoms with Gasteiger partial charge in [-0.3, -0.25) is 9.36 Å². The minimum atomic E-state index is -0.722. The molecule has 3 aromatic rings. The maximum atomic E-state index is 13.6. The van der Waals surface area contributed by atoms with Gasteiger partial charge in [0.15, 0.2) is 16.3 Å². The molecule has 0 radical (unpaired) electrons. The second kappa shape index (κ2) is 10.7. The first-order chi connectivity index (χ1) is 17.4. The first-order valence-corrected chi connectivity index (χ1v) is 12.1. The predicted molar refractivity (Wildman–Crippen MR) is 137 cm³/mol. The van der Waals surface area contributed by atoms with E-state index in [-0.39, 0.29) is 17.9 Å². The van der Waals surface area contributed by atoms with Crippen LogP contribution in [0.15, 0.2) is 76.2 Å². The Labute approximate surface area is 211 Å². The van der Waals surface area contributed by atoms with Crippen molar-refractivity contribution < 1.29 is 24.1 Å². The number of thiazole rings is 1. The molecule has 4 rings (SSSR count). The number of benzene rings is 2. The fraction of sp³-hybridized carbons (Fsp3) is 0.222. The summed E-state index contributed by atoms with van der Waals surface area (Å²) in [5.74, 6) is 0.425. The highest BCUT2D eigenvalue weighted by molar-refractivity contribution is 7.07. The van der Waals surface area contributed by atoms with Crippen LogP contribution >= 0.6 is 11.3 Å². The largest absolute Gasteiger partial charge is 0.504 e. The number of rotatable bonds is 8. The van der Waals surface area contributed by atoms with E-state index in [4.69, 9.17) is 14.2 Å². The van der Waals surface area contributed by atoms with Gasteiger partial charge < -0.3 is 19.3 Å². The van der Waals surface area contributed by atoms with E-state index in [1.165, 1.54) is 29.1 Å². The lowest BCUT2D eigenvalue weighted by molar-refractivity contribution is -0.139. The lowest BCUT2D eigenvalue weighted by Crippen LogP contribution is -2.39. The highest BCUT2D eigenvalue weighted by Gasteiger charge is 2.33. The summed E-state index contributed by atoms with van der Waals surface area (Å²) in [6, 6.07) is 11.4. The summed E-state index contributed by atoms with van der Waals surface area (Å²) >= 11 is 1.21. The molecule has 1 aliphatic rings. The number of phenolic OH excluding ortho intramolecular Hbond substituents is 1. The van der Waals surface area contributed by atoms with Gasteiger partial charge in [-0.2, -0.15) is 0 Å². The third kappa shape index (κ3) is 4.83. The first kappa shape index (κ1) is 25.0. The van der Waals surface area contributed by atoms with E-state index in [1.54, 1.807) is 50.3 Å². The van der Waals surface area contributed by atoms with Crippen molar-refractivity contribution in [2.24, 2.45) is 4.99 Å². The Kier molecular flexibility index (Phi) is 7.40. The second-order valence-corrected chi connectivity index (χ2v) is 8.91. The molecule has 0 saturated heterocycles. The lowest BCUT2D eigenvalue weighted by atomic mass is 9.96. The van der Waals surface area contributed by atoms with Gasteiger partial charge in [-0.1, -0.05) is 42.2 Å². The van der Waals surface area contributed by atoms with Crippen molar-refractivity contribution in [3.8, 4) is 17.2 Å². The van der Waals surface area contributed by atoms with E-state index in [0.29, 0.717) is 49.8 Å². The molecule has 0 aliphatic carbocycles. The number of hydrogen-bond acceptors (Lipinski definition) is 8. The summed E-state index contributed by atoms with van der Waals surface area (Å²) in [5, 5.41) is 10.1. The Bertz CT molecular complexity index is 1520. The maximum absolute atomic E-state index is 13.6. The van der Waals surface area contributed by atoms with Crippen LogP contribution in [0.5, 0.6) is 17.2 Å². The summed E-state index contributed by atoms with van der Waals surface area (Å²) in [4.78, 5) is 31.6. The number of carbonyl (C=O) groups excluding carboxylic acids is 1. The summed E-state index contributed by atoms with van der Waals surface area (Å²) < 4.78 is 17.9. The maximum Gasteiger partial charge on any atom is 0.338 e. The number of ether oxygens (including phenoxy) is 3. The number of methoxy groups -OCH3 is 1. The summed E-state index contributed by atoms with van der Waals surface area (Å²) in [7, 11) is 1.47. The third-order valence-corrected chi connectivity index (χ3v) is 6.56. The highest BCUT2D eigenvalue weighted by Crippen LogP contribution is 2.32. The minimum absolute atomic E-state index is 0.0314.